The van der Waals surface area contributed by atoms with Gasteiger partial charge in [0.2, 0.25) is 0 Å². The summed E-state index contributed by atoms with van der Waals surface area (Å²) in [5.41, 5.74) is 1.19. The summed E-state index contributed by atoms with van der Waals surface area (Å²) in [5.74, 6) is 0.823. The van der Waals surface area contributed by atoms with Crippen molar-refractivity contribution in [1.29, 1.82) is 0 Å². The lowest BCUT2D eigenvalue weighted by molar-refractivity contribution is 0.106. The van der Waals surface area contributed by atoms with Crippen LogP contribution in [0.1, 0.15) is 32.3 Å². The van der Waals surface area contributed by atoms with Crippen molar-refractivity contribution in [2.24, 2.45) is 0 Å². The van der Waals surface area contributed by atoms with Crippen LogP contribution in [0.15, 0.2) is 18.2 Å². The van der Waals surface area contributed by atoms with E-state index in [0.29, 0.717) is 0 Å². The van der Waals surface area contributed by atoms with Crippen LogP contribution in [0.4, 0.5) is 0 Å². The molecule has 25 heavy (non-hydrogen) atoms. The van der Waals surface area contributed by atoms with Crippen molar-refractivity contribution in [3.8, 4) is 5.75 Å². The molecule has 1 aromatic rings. The number of piperazine rings is 1. The lowest BCUT2D eigenvalue weighted by Gasteiger charge is -2.36. The molecule has 0 aliphatic carbocycles. The molecule has 0 unspecified atom stereocenters. The van der Waals surface area contributed by atoms with E-state index in [0.717, 1.165) is 55.6 Å². The van der Waals surface area contributed by atoms with Gasteiger partial charge in [-0.1, -0.05) is 17.7 Å². The summed E-state index contributed by atoms with van der Waals surface area (Å²) in [4.78, 5) is 7.80. The van der Waals surface area contributed by atoms with E-state index < -0.39 is 0 Å². The standard InChI is InChI=1S/C20H32ClN3O/c1-16-4-5-17(2)24(16)13-12-22-8-10-23(11-9-22)15-18-6-7-19(25-3)14-20(18)21/h6-7,14,16-17H,4-5,8-13,15H2,1-3H3/t16-,17-/m1/s1. The molecular weight excluding hydrogens is 334 g/mol. The maximum Gasteiger partial charge on any atom is 0.120 e. The molecule has 0 saturated carbocycles. The average Bonchev–Trinajstić information content (AvgIpc) is 2.94. The van der Waals surface area contributed by atoms with Gasteiger partial charge in [0, 0.05) is 62.9 Å². The van der Waals surface area contributed by atoms with E-state index in [1.165, 1.54) is 31.5 Å². The Morgan fingerprint density at radius 1 is 1.00 bits per heavy atom. The van der Waals surface area contributed by atoms with Gasteiger partial charge in [-0.05, 0) is 44.4 Å². The third-order valence-corrected chi connectivity index (χ3v) is 6.28. The molecule has 0 amide bonds. The summed E-state index contributed by atoms with van der Waals surface area (Å²) in [6, 6.07) is 7.51. The Morgan fingerprint density at radius 3 is 2.24 bits per heavy atom. The topological polar surface area (TPSA) is 19.0 Å². The number of likely N-dealkylation sites (tertiary alicyclic amines) is 1. The molecule has 1 aromatic carbocycles. The number of nitrogens with zero attached hydrogens (tertiary/aromatic N) is 3. The summed E-state index contributed by atoms with van der Waals surface area (Å²) < 4.78 is 5.23. The van der Waals surface area contributed by atoms with E-state index in [2.05, 4.69) is 34.6 Å². The van der Waals surface area contributed by atoms with Crippen LogP contribution in [0.2, 0.25) is 5.02 Å². The first-order chi connectivity index (χ1) is 12.1. The van der Waals surface area contributed by atoms with E-state index in [9.17, 15) is 0 Å². The Labute approximate surface area is 157 Å². The van der Waals surface area contributed by atoms with Gasteiger partial charge in [-0.25, -0.2) is 0 Å². The van der Waals surface area contributed by atoms with Crippen molar-refractivity contribution in [3.05, 3.63) is 28.8 Å². The van der Waals surface area contributed by atoms with Crippen molar-refractivity contribution in [3.63, 3.8) is 0 Å². The molecule has 140 valence electrons. The fourth-order valence-electron chi connectivity index (χ4n) is 4.14. The molecule has 2 heterocycles. The van der Waals surface area contributed by atoms with Gasteiger partial charge in [-0.3, -0.25) is 14.7 Å². The fraction of sp³-hybridized carbons (Fsp3) is 0.700. The highest BCUT2D eigenvalue weighted by Gasteiger charge is 2.27. The van der Waals surface area contributed by atoms with Gasteiger partial charge in [0.15, 0.2) is 0 Å². The third-order valence-electron chi connectivity index (χ3n) is 5.93. The molecule has 2 fully saturated rings. The molecule has 2 atom stereocenters. The maximum atomic E-state index is 6.38. The molecule has 0 N–H and O–H groups in total. The Hall–Kier alpha value is -0.810. The van der Waals surface area contributed by atoms with Crippen LogP contribution in [-0.4, -0.2) is 73.2 Å². The number of hydrogen-bond donors (Lipinski definition) is 0. The van der Waals surface area contributed by atoms with Gasteiger partial charge < -0.3 is 4.74 Å². The second-order valence-corrected chi connectivity index (χ2v) is 8.00. The zero-order chi connectivity index (χ0) is 17.8. The molecule has 0 aromatic heterocycles. The van der Waals surface area contributed by atoms with Gasteiger partial charge >= 0.3 is 0 Å². The number of methoxy groups -OCH3 is 1. The molecule has 2 saturated heterocycles. The van der Waals surface area contributed by atoms with Crippen molar-refractivity contribution in [2.75, 3.05) is 46.4 Å². The van der Waals surface area contributed by atoms with Crippen molar-refractivity contribution in [2.45, 2.75) is 45.3 Å². The van der Waals surface area contributed by atoms with Crippen LogP contribution in [0.25, 0.3) is 0 Å². The van der Waals surface area contributed by atoms with E-state index in [1.807, 2.05) is 12.1 Å². The maximum absolute atomic E-state index is 6.38. The first kappa shape index (κ1) is 19.0. The average molecular weight is 366 g/mol. The summed E-state index contributed by atoms with van der Waals surface area (Å²) in [6.45, 7) is 12.6. The minimum atomic E-state index is 0.758. The third kappa shape index (κ3) is 4.88. The summed E-state index contributed by atoms with van der Waals surface area (Å²) in [6.07, 6.45) is 2.72. The van der Waals surface area contributed by atoms with Gasteiger partial charge in [0.05, 0.1) is 7.11 Å². The monoisotopic (exact) mass is 365 g/mol. The second kappa shape index (κ2) is 8.72. The highest BCUT2D eigenvalue weighted by molar-refractivity contribution is 6.31. The number of ether oxygens (including phenoxy) is 1. The van der Waals surface area contributed by atoms with E-state index in [4.69, 9.17) is 16.3 Å². The normalized spacial score (nSPS) is 26.2. The van der Waals surface area contributed by atoms with E-state index >= 15 is 0 Å². The Bertz CT molecular complexity index is 550. The molecule has 2 aliphatic rings. The predicted molar refractivity (Wildman–Crippen MR) is 105 cm³/mol. The zero-order valence-corrected chi connectivity index (χ0v) is 16.6. The number of halogens is 1. The highest BCUT2D eigenvalue weighted by Crippen LogP contribution is 2.25. The smallest absolute Gasteiger partial charge is 0.120 e. The number of rotatable bonds is 6. The lowest BCUT2D eigenvalue weighted by atomic mass is 10.2. The van der Waals surface area contributed by atoms with Crippen LogP contribution >= 0.6 is 11.6 Å². The number of benzene rings is 1. The van der Waals surface area contributed by atoms with Gasteiger partial charge in [0.25, 0.3) is 0 Å². The largest absolute Gasteiger partial charge is 0.497 e. The van der Waals surface area contributed by atoms with Crippen LogP contribution in [0.3, 0.4) is 0 Å². The van der Waals surface area contributed by atoms with Crippen LogP contribution in [0.5, 0.6) is 5.75 Å². The molecular formula is C20H32ClN3O. The number of hydrogen-bond acceptors (Lipinski definition) is 4. The lowest BCUT2D eigenvalue weighted by Crippen LogP contribution is -2.48. The molecule has 0 spiro atoms. The Kier molecular flexibility index (Phi) is 6.61. The first-order valence-electron chi connectivity index (χ1n) is 9.59. The van der Waals surface area contributed by atoms with E-state index in [1.54, 1.807) is 7.11 Å². The summed E-state index contributed by atoms with van der Waals surface area (Å²) >= 11 is 6.38. The van der Waals surface area contributed by atoms with Crippen molar-refractivity contribution >= 4 is 11.6 Å². The molecule has 0 radical (unpaired) electrons. The molecule has 4 nitrogen and oxygen atoms in total. The van der Waals surface area contributed by atoms with Gasteiger partial charge in [0.1, 0.15) is 5.75 Å². The van der Waals surface area contributed by atoms with Gasteiger partial charge in [-0.15, -0.1) is 0 Å². The zero-order valence-electron chi connectivity index (χ0n) is 15.9. The quantitative estimate of drug-likeness (QED) is 0.769. The molecule has 0 bridgehead atoms. The fourth-order valence-corrected chi connectivity index (χ4v) is 4.37. The highest BCUT2D eigenvalue weighted by atomic mass is 35.5. The van der Waals surface area contributed by atoms with Crippen LogP contribution in [-0.2, 0) is 6.54 Å². The Balaban J connectivity index is 1.43. The predicted octanol–water partition coefficient (Wildman–Crippen LogP) is 3.34. The molecule has 3 rings (SSSR count). The first-order valence-corrected chi connectivity index (χ1v) is 9.97. The second-order valence-electron chi connectivity index (χ2n) is 7.59. The Morgan fingerprint density at radius 2 is 1.64 bits per heavy atom. The summed E-state index contributed by atoms with van der Waals surface area (Å²) in [7, 11) is 1.67. The van der Waals surface area contributed by atoms with Crippen molar-refractivity contribution in [1.82, 2.24) is 14.7 Å². The molecule has 2 aliphatic heterocycles. The van der Waals surface area contributed by atoms with Gasteiger partial charge in [-0.2, -0.15) is 0 Å². The SMILES string of the molecule is COc1ccc(CN2CCN(CCN3[C@H](C)CC[C@H]3C)CC2)c(Cl)c1. The molecule has 5 heteroatoms. The van der Waals surface area contributed by atoms with E-state index in [-0.39, 0.29) is 0 Å². The minimum absolute atomic E-state index is 0.758. The summed E-state index contributed by atoms with van der Waals surface area (Å²) in [5, 5.41) is 0.804. The minimum Gasteiger partial charge on any atom is -0.497 e. The van der Waals surface area contributed by atoms with Crippen LogP contribution in [0, 0.1) is 0 Å². The van der Waals surface area contributed by atoms with Crippen molar-refractivity contribution < 1.29 is 4.74 Å². The van der Waals surface area contributed by atoms with Crippen LogP contribution < -0.4 is 4.74 Å².